The fourth-order valence-electron chi connectivity index (χ4n) is 1.51. The molecule has 0 heterocycles. The third-order valence-corrected chi connectivity index (χ3v) is 2.72. The summed E-state index contributed by atoms with van der Waals surface area (Å²) < 4.78 is 12.9. The highest BCUT2D eigenvalue weighted by Gasteiger charge is 2.04. The van der Waals surface area contributed by atoms with Crippen molar-refractivity contribution in [3.63, 3.8) is 0 Å². The van der Waals surface area contributed by atoms with Gasteiger partial charge in [0.15, 0.2) is 0 Å². The molecule has 3 N–H and O–H groups in total. The van der Waals surface area contributed by atoms with Crippen LogP contribution in [-0.2, 0) is 0 Å². The number of hydrogen-bond donors (Lipinski definition) is 2. The number of nitrogens with two attached hydrogens (primary N) is 1. The lowest BCUT2D eigenvalue weighted by Gasteiger charge is -2.11. The molecule has 2 nitrogen and oxygen atoms in total. The van der Waals surface area contributed by atoms with Gasteiger partial charge in [0.05, 0.1) is 22.1 Å². The average Bonchev–Trinajstić information content (AvgIpc) is 2.25. The van der Waals surface area contributed by atoms with Gasteiger partial charge >= 0.3 is 0 Å². The molecule has 0 radical (unpaired) electrons. The van der Waals surface area contributed by atoms with Gasteiger partial charge in [-0.05, 0) is 42.8 Å². The first-order chi connectivity index (χ1) is 8.06. The highest BCUT2D eigenvalue weighted by molar-refractivity contribution is 6.33. The van der Waals surface area contributed by atoms with Crippen molar-refractivity contribution >= 4 is 28.7 Å². The number of aryl methyl sites for hydroxylation is 1. The Labute approximate surface area is 104 Å². The van der Waals surface area contributed by atoms with E-state index in [9.17, 15) is 4.39 Å². The van der Waals surface area contributed by atoms with Gasteiger partial charge in [0, 0.05) is 0 Å². The lowest BCUT2D eigenvalue weighted by molar-refractivity contribution is 0.628. The molecule has 88 valence electrons. The van der Waals surface area contributed by atoms with E-state index in [4.69, 9.17) is 17.3 Å². The second kappa shape index (κ2) is 4.63. The minimum atomic E-state index is -0.358. The third-order valence-electron chi connectivity index (χ3n) is 2.41. The van der Waals surface area contributed by atoms with E-state index in [-0.39, 0.29) is 5.82 Å². The average molecular weight is 251 g/mol. The molecule has 0 fully saturated rings. The van der Waals surface area contributed by atoms with Gasteiger partial charge in [-0.3, -0.25) is 0 Å². The van der Waals surface area contributed by atoms with E-state index < -0.39 is 0 Å². The van der Waals surface area contributed by atoms with E-state index in [1.54, 1.807) is 6.07 Å². The molecule has 0 saturated heterocycles. The fraction of sp³-hybridized carbons (Fsp3) is 0.0769. The smallest absolute Gasteiger partial charge is 0.125 e. The predicted molar refractivity (Wildman–Crippen MR) is 70.3 cm³/mol. The highest BCUT2D eigenvalue weighted by atomic mass is 35.5. The Morgan fingerprint density at radius 3 is 2.47 bits per heavy atom. The van der Waals surface area contributed by atoms with Crippen LogP contribution >= 0.6 is 11.6 Å². The minimum absolute atomic E-state index is 0.349. The molecule has 0 saturated carbocycles. The standard InChI is InChI=1S/C13H12ClFN2/c1-8-2-4-12(10(14)6-8)17-13-5-3-9(15)7-11(13)16/h2-7,17H,16H2,1H3. The van der Waals surface area contributed by atoms with Gasteiger partial charge in [-0.25, -0.2) is 4.39 Å². The van der Waals surface area contributed by atoms with Crippen LogP contribution in [0.3, 0.4) is 0 Å². The first-order valence-corrected chi connectivity index (χ1v) is 5.52. The predicted octanol–water partition coefficient (Wildman–Crippen LogP) is 4.11. The van der Waals surface area contributed by atoms with E-state index in [2.05, 4.69) is 5.32 Å². The molecule has 0 amide bonds. The SMILES string of the molecule is Cc1ccc(Nc2ccc(F)cc2N)c(Cl)c1. The normalized spacial score (nSPS) is 10.3. The minimum Gasteiger partial charge on any atom is -0.397 e. The second-order valence-corrected chi connectivity index (χ2v) is 4.25. The second-order valence-electron chi connectivity index (χ2n) is 3.84. The number of nitrogens with one attached hydrogen (secondary N) is 1. The number of nitrogen functional groups attached to an aromatic ring is 1. The van der Waals surface area contributed by atoms with Crippen LogP contribution in [0.15, 0.2) is 36.4 Å². The van der Waals surface area contributed by atoms with Gasteiger partial charge in [0.1, 0.15) is 5.82 Å². The topological polar surface area (TPSA) is 38.0 Å². The molecule has 17 heavy (non-hydrogen) atoms. The Balaban J connectivity index is 2.31. The first-order valence-electron chi connectivity index (χ1n) is 5.14. The van der Waals surface area contributed by atoms with Gasteiger partial charge < -0.3 is 11.1 Å². The Bertz CT molecular complexity index is 506. The third kappa shape index (κ3) is 2.68. The Morgan fingerprint density at radius 1 is 1.12 bits per heavy atom. The summed E-state index contributed by atoms with van der Waals surface area (Å²) in [5.74, 6) is -0.358. The molecule has 0 aromatic heterocycles. The molecule has 2 rings (SSSR count). The molecule has 0 aliphatic carbocycles. The van der Waals surface area contributed by atoms with E-state index in [0.29, 0.717) is 16.4 Å². The fourth-order valence-corrected chi connectivity index (χ4v) is 1.80. The molecule has 0 atom stereocenters. The summed E-state index contributed by atoms with van der Waals surface area (Å²) in [5, 5.41) is 3.68. The van der Waals surface area contributed by atoms with E-state index in [1.807, 2.05) is 25.1 Å². The maximum Gasteiger partial charge on any atom is 0.125 e. The van der Waals surface area contributed by atoms with Gasteiger partial charge in [-0.1, -0.05) is 17.7 Å². The van der Waals surface area contributed by atoms with Crippen LogP contribution in [0.1, 0.15) is 5.56 Å². The highest BCUT2D eigenvalue weighted by Crippen LogP contribution is 2.29. The van der Waals surface area contributed by atoms with Crippen LogP contribution in [0.4, 0.5) is 21.5 Å². The molecule has 0 aliphatic heterocycles. The molecule has 0 spiro atoms. The van der Waals surface area contributed by atoms with Crippen molar-refractivity contribution in [2.45, 2.75) is 6.92 Å². The summed E-state index contributed by atoms with van der Waals surface area (Å²) >= 11 is 6.09. The number of rotatable bonds is 2. The van der Waals surface area contributed by atoms with Crippen molar-refractivity contribution in [2.75, 3.05) is 11.1 Å². The van der Waals surface area contributed by atoms with E-state index >= 15 is 0 Å². The van der Waals surface area contributed by atoms with E-state index in [1.165, 1.54) is 12.1 Å². The maximum absolute atomic E-state index is 12.9. The molecule has 0 bridgehead atoms. The van der Waals surface area contributed by atoms with Gasteiger partial charge in [-0.15, -0.1) is 0 Å². The quantitative estimate of drug-likeness (QED) is 0.787. The Kier molecular flexibility index (Phi) is 3.20. The Morgan fingerprint density at radius 2 is 1.82 bits per heavy atom. The lowest BCUT2D eigenvalue weighted by Crippen LogP contribution is -1.97. The molecular formula is C13H12ClFN2. The molecule has 0 unspecified atom stereocenters. The number of anilines is 3. The zero-order chi connectivity index (χ0) is 12.4. The summed E-state index contributed by atoms with van der Waals surface area (Å²) in [6.07, 6.45) is 0. The van der Waals surface area contributed by atoms with Gasteiger partial charge in [0.25, 0.3) is 0 Å². The van der Waals surface area contributed by atoms with Crippen LogP contribution in [-0.4, -0.2) is 0 Å². The summed E-state index contributed by atoms with van der Waals surface area (Å²) in [6.45, 7) is 1.96. The monoisotopic (exact) mass is 250 g/mol. The summed E-state index contributed by atoms with van der Waals surface area (Å²) in [5.41, 5.74) is 8.51. The van der Waals surface area contributed by atoms with Crippen LogP contribution in [0.5, 0.6) is 0 Å². The van der Waals surface area contributed by atoms with Crippen LogP contribution < -0.4 is 11.1 Å². The summed E-state index contributed by atoms with van der Waals surface area (Å²) in [4.78, 5) is 0. The van der Waals surface area contributed by atoms with Crippen LogP contribution in [0.25, 0.3) is 0 Å². The maximum atomic E-state index is 12.9. The molecular weight excluding hydrogens is 239 g/mol. The Hall–Kier alpha value is -1.74. The van der Waals surface area contributed by atoms with Crippen molar-refractivity contribution < 1.29 is 4.39 Å². The first kappa shape index (κ1) is 11.7. The number of hydrogen-bond acceptors (Lipinski definition) is 2. The zero-order valence-electron chi connectivity index (χ0n) is 9.30. The van der Waals surface area contributed by atoms with Crippen LogP contribution in [0.2, 0.25) is 5.02 Å². The van der Waals surface area contributed by atoms with Gasteiger partial charge in [0.2, 0.25) is 0 Å². The van der Waals surface area contributed by atoms with Gasteiger partial charge in [-0.2, -0.15) is 0 Å². The van der Waals surface area contributed by atoms with Crippen molar-refractivity contribution in [3.8, 4) is 0 Å². The van der Waals surface area contributed by atoms with Crippen molar-refractivity contribution in [2.24, 2.45) is 0 Å². The largest absolute Gasteiger partial charge is 0.397 e. The summed E-state index contributed by atoms with van der Waals surface area (Å²) in [7, 11) is 0. The van der Waals surface area contributed by atoms with Crippen molar-refractivity contribution in [1.82, 2.24) is 0 Å². The molecule has 4 heteroatoms. The lowest BCUT2D eigenvalue weighted by atomic mass is 10.2. The molecule has 2 aromatic rings. The molecule has 0 aliphatic rings. The summed E-state index contributed by atoms with van der Waals surface area (Å²) in [6, 6.07) is 9.85. The van der Waals surface area contributed by atoms with E-state index in [0.717, 1.165) is 11.3 Å². The number of halogens is 2. The zero-order valence-corrected chi connectivity index (χ0v) is 10.1. The van der Waals surface area contributed by atoms with Crippen molar-refractivity contribution in [1.29, 1.82) is 0 Å². The molecule has 2 aromatic carbocycles. The number of benzene rings is 2. The van der Waals surface area contributed by atoms with Crippen LogP contribution in [0, 0.1) is 12.7 Å². The van der Waals surface area contributed by atoms with Crippen molar-refractivity contribution in [3.05, 3.63) is 52.8 Å².